The monoisotopic (exact) mass is 261 g/mol. The summed E-state index contributed by atoms with van der Waals surface area (Å²) in [5.74, 6) is -0.0454. The lowest BCUT2D eigenvalue weighted by atomic mass is 10.3. The van der Waals surface area contributed by atoms with Crippen molar-refractivity contribution in [3.8, 4) is 0 Å². The van der Waals surface area contributed by atoms with E-state index in [0.717, 1.165) is 4.90 Å². The first-order valence-corrected chi connectivity index (χ1v) is 6.18. The number of aromatic nitrogens is 2. The molecule has 0 unspecified atom stereocenters. The summed E-state index contributed by atoms with van der Waals surface area (Å²) in [6, 6.07) is 9.82. The maximum atomic E-state index is 10.7. The minimum absolute atomic E-state index is 0.00108. The Hall–Kier alpha value is -2.08. The molecule has 18 heavy (non-hydrogen) atoms. The normalized spacial score (nSPS) is 10.2. The Morgan fingerprint density at radius 2 is 2.06 bits per heavy atom. The third kappa shape index (κ3) is 2.98. The molecule has 2 aromatic rings. The van der Waals surface area contributed by atoms with Crippen molar-refractivity contribution < 1.29 is 9.90 Å². The van der Waals surface area contributed by atoms with Crippen LogP contribution in [0.3, 0.4) is 0 Å². The summed E-state index contributed by atoms with van der Waals surface area (Å²) in [4.78, 5) is 19.8. The van der Waals surface area contributed by atoms with E-state index in [4.69, 9.17) is 10.8 Å². The van der Waals surface area contributed by atoms with E-state index in [2.05, 4.69) is 9.97 Å². The van der Waals surface area contributed by atoms with E-state index in [1.165, 1.54) is 6.20 Å². The number of hydrogen-bond donors (Lipinski definition) is 2. The second-order valence-electron chi connectivity index (χ2n) is 3.49. The number of anilines is 1. The summed E-state index contributed by atoms with van der Waals surface area (Å²) in [5, 5.41) is 8.80. The van der Waals surface area contributed by atoms with Crippen molar-refractivity contribution in [3.05, 3.63) is 47.9 Å². The molecule has 0 amide bonds. The Bertz CT molecular complexity index is 561. The van der Waals surface area contributed by atoms with Crippen LogP contribution in [-0.2, 0) is 5.75 Å². The van der Waals surface area contributed by atoms with Crippen LogP contribution in [0.2, 0.25) is 0 Å². The van der Waals surface area contributed by atoms with Gasteiger partial charge in [-0.2, -0.15) is 0 Å². The Morgan fingerprint density at radius 3 is 2.67 bits per heavy atom. The number of nitrogens with two attached hydrogens (primary N) is 1. The van der Waals surface area contributed by atoms with Crippen molar-refractivity contribution in [3.63, 3.8) is 0 Å². The van der Waals surface area contributed by atoms with Gasteiger partial charge in [0.25, 0.3) is 0 Å². The molecular weight excluding hydrogens is 250 g/mol. The van der Waals surface area contributed by atoms with Crippen molar-refractivity contribution >= 4 is 23.5 Å². The molecule has 1 heterocycles. The standard InChI is InChI=1S/C12H11N3O2S/c13-11-9(12(16)17)6-14-10(15-11)7-18-8-4-2-1-3-5-8/h1-6H,7H2,(H,16,17)(H2,13,14,15). The van der Waals surface area contributed by atoms with E-state index in [0.29, 0.717) is 11.6 Å². The first-order chi connectivity index (χ1) is 8.66. The van der Waals surface area contributed by atoms with Crippen molar-refractivity contribution in [1.82, 2.24) is 9.97 Å². The Kier molecular flexibility index (Phi) is 3.78. The molecule has 0 aliphatic carbocycles. The van der Waals surface area contributed by atoms with Gasteiger partial charge in [0.05, 0.1) is 5.75 Å². The van der Waals surface area contributed by atoms with Gasteiger partial charge in [0.2, 0.25) is 0 Å². The molecule has 92 valence electrons. The van der Waals surface area contributed by atoms with Gasteiger partial charge in [0.1, 0.15) is 17.2 Å². The van der Waals surface area contributed by atoms with E-state index in [9.17, 15) is 4.79 Å². The highest BCUT2D eigenvalue weighted by atomic mass is 32.2. The number of carbonyl (C=O) groups is 1. The smallest absolute Gasteiger partial charge is 0.341 e. The Morgan fingerprint density at radius 1 is 1.33 bits per heavy atom. The van der Waals surface area contributed by atoms with Gasteiger partial charge in [-0.1, -0.05) is 18.2 Å². The largest absolute Gasteiger partial charge is 0.477 e. The second-order valence-corrected chi connectivity index (χ2v) is 4.54. The van der Waals surface area contributed by atoms with Gasteiger partial charge < -0.3 is 10.8 Å². The van der Waals surface area contributed by atoms with Gasteiger partial charge in [-0.3, -0.25) is 0 Å². The van der Waals surface area contributed by atoms with Crippen LogP contribution in [0.15, 0.2) is 41.4 Å². The van der Waals surface area contributed by atoms with Gasteiger partial charge in [-0.25, -0.2) is 14.8 Å². The molecule has 1 aromatic heterocycles. The molecule has 0 spiro atoms. The number of nitrogens with zero attached hydrogens (tertiary/aromatic N) is 2. The fourth-order valence-corrected chi connectivity index (χ4v) is 2.12. The minimum atomic E-state index is -1.12. The highest BCUT2D eigenvalue weighted by molar-refractivity contribution is 7.98. The maximum absolute atomic E-state index is 10.7. The van der Waals surface area contributed by atoms with Gasteiger partial charge >= 0.3 is 5.97 Å². The molecule has 0 bridgehead atoms. The zero-order valence-electron chi connectivity index (χ0n) is 9.41. The number of nitrogen functional groups attached to an aromatic ring is 1. The SMILES string of the molecule is Nc1nc(CSc2ccccc2)ncc1C(=O)O. The third-order valence-corrected chi connectivity index (χ3v) is 3.22. The van der Waals surface area contributed by atoms with Crippen molar-refractivity contribution in [2.45, 2.75) is 10.6 Å². The van der Waals surface area contributed by atoms with Crippen molar-refractivity contribution in [2.24, 2.45) is 0 Å². The molecule has 0 fully saturated rings. The van der Waals surface area contributed by atoms with Crippen molar-refractivity contribution in [2.75, 3.05) is 5.73 Å². The predicted octanol–water partition coefficient (Wildman–Crippen LogP) is 2.05. The lowest BCUT2D eigenvalue weighted by Crippen LogP contribution is -2.07. The first-order valence-electron chi connectivity index (χ1n) is 5.19. The molecule has 5 nitrogen and oxygen atoms in total. The highest BCUT2D eigenvalue weighted by Gasteiger charge is 2.10. The summed E-state index contributed by atoms with van der Waals surface area (Å²) in [6.45, 7) is 0. The molecule has 0 radical (unpaired) electrons. The number of thioether (sulfide) groups is 1. The highest BCUT2D eigenvalue weighted by Crippen LogP contribution is 2.21. The van der Waals surface area contributed by atoms with E-state index in [1.54, 1.807) is 11.8 Å². The fraction of sp³-hybridized carbons (Fsp3) is 0.0833. The second kappa shape index (κ2) is 5.50. The minimum Gasteiger partial charge on any atom is -0.477 e. The Labute approximate surface area is 108 Å². The van der Waals surface area contributed by atoms with Crippen LogP contribution in [0.25, 0.3) is 0 Å². The maximum Gasteiger partial charge on any atom is 0.341 e. The first kappa shape index (κ1) is 12.4. The fourth-order valence-electron chi connectivity index (χ4n) is 1.33. The van der Waals surface area contributed by atoms with Gasteiger partial charge in [0.15, 0.2) is 0 Å². The zero-order chi connectivity index (χ0) is 13.0. The van der Waals surface area contributed by atoms with E-state index < -0.39 is 5.97 Å². The molecule has 0 atom stereocenters. The number of benzene rings is 1. The number of carboxylic acid groups (broad SMARTS) is 1. The molecule has 0 saturated carbocycles. The molecule has 2 rings (SSSR count). The summed E-state index contributed by atoms with van der Waals surface area (Å²) in [6.07, 6.45) is 1.24. The van der Waals surface area contributed by atoms with Crippen LogP contribution in [0, 0.1) is 0 Å². The molecule has 0 saturated heterocycles. The van der Waals surface area contributed by atoms with Gasteiger partial charge in [0, 0.05) is 11.1 Å². The molecule has 0 aliphatic heterocycles. The Balaban J connectivity index is 2.07. The van der Waals surface area contributed by atoms with Crippen LogP contribution in [0.5, 0.6) is 0 Å². The summed E-state index contributed by atoms with van der Waals surface area (Å²) in [7, 11) is 0. The summed E-state index contributed by atoms with van der Waals surface area (Å²) >= 11 is 1.57. The van der Waals surface area contributed by atoms with Gasteiger partial charge in [-0.05, 0) is 12.1 Å². The topological polar surface area (TPSA) is 89.1 Å². The third-order valence-electron chi connectivity index (χ3n) is 2.21. The van der Waals surface area contributed by atoms with Gasteiger partial charge in [-0.15, -0.1) is 11.8 Å². The number of carboxylic acids is 1. The summed E-state index contributed by atoms with van der Waals surface area (Å²) in [5.41, 5.74) is 5.48. The molecule has 6 heteroatoms. The van der Waals surface area contributed by atoms with Crippen LogP contribution in [0.1, 0.15) is 16.2 Å². The van der Waals surface area contributed by atoms with Crippen LogP contribution >= 0.6 is 11.8 Å². The lowest BCUT2D eigenvalue weighted by Gasteiger charge is -2.03. The molecular formula is C12H11N3O2S. The van der Waals surface area contributed by atoms with Crippen molar-refractivity contribution in [1.29, 1.82) is 0 Å². The van der Waals surface area contributed by atoms with Crippen LogP contribution in [0.4, 0.5) is 5.82 Å². The van der Waals surface area contributed by atoms with Crippen LogP contribution in [-0.4, -0.2) is 21.0 Å². The quantitative estimate of drug-likeness (QED) is 0.819. The average molecular weight is 261 g/mol. The predicted molar refractivity (Wildman–Crippen MR) is 69.4 cm³/mol. The molecule has 3 N–H and O–H groups in total. The molecule has 1 aromatic carbocycles. The summed E-state index contributed by atoms with van der Waals surface area (Å²) < 4.78 is 0. The number of aromatic carboxylic acids is 1. The van der Waals surface area contributed by atoms with Crippen LogP contribution < -0.4 is 5.73 Å². The lowest BCUT2D eigenvalue weighted by molar-refractivity contribution is 0.0697. The number of rotatable bonds is 4. The molecule has 0 aliphatic rings. The number of hydrogen-bond acceptors (Lipinski definition) is 5. The van der Waals surface area contributed by atoms with E-state index >= 15 is 0 Å². The van der Waals surface area contributed by atoms with E-state index in [1.807, 2.05) is 30.3 Å². The zero-order valence-corrected chi connectivity index (χ0v) is 10.2. The van der Waals surface area contributed by atoms with E-state index in [-0.39, 0.29) is 11.4 Å². The average Bonchev–Trinajstić information content (AvgIpc) is 2.37.